The number of halogens is 1. The molecule has 1 aromatic carbocycles. The highest BCUT2D eigenvalue weighted by atomic mass is 79.9. The maximum Gasteiger partial charge on any atom is 0.176 e. The fourth-order valence-corrected chi connectivity index (χ4v) is 2.77. The largest absolute Gasteiger partial charge is 0.299 e. The first-order valence-electron chi connectivity index (χ1n) is 6.15. The molecule has 2 aromatic rings. The number of Topliss-reactive ketones (excluding diaryl/α,β-unsaturated/α-hetero) is 1. The van der Waals surface area contributed by atoms with Gasteiger partial charge in [0.05, 0.1) is 6.54 Å². The van der Waals surface area contributed by atoms with E-state index in [0.29, 0.717) is 6.54 Å². The smallest absolute Gasteiger partial charge is 0.176 e. The Labute approximate surface area is 126 Å². The van der Waals surface area contributed by atoms with Crippen molar-refractivity contribution in [2.24, 2.45) is 0 Å². The first kappa shape index (κ1) is 14.4. The molecular formula is C15H16BrNOS. The summed E-state index contributed by atoms with van der Waals surface area (Å²) in [5.74, 6) is 0.168. The van der Waals surface area contributed by atoms with E-state index in [-0.39, 0.29) is 5.78 Å². The summed E-state index contributed by atoms with van der Waals surface area (Å²) < 4.78 is 0.995. The molecular weight excluding hydrogens is 322 g/mol. The first-order valence-corrected chi connectivity index (χ1v) is 7.82. The van der Waals surface area contributed by atoms with Gasteiger partial charge in [-0.3, -0.25) is 9.69 Å². The van der Waals surface area contributed by atoms with Crippen molar-refractivity contribution in [3.63, 3.8) is 0 Å². The number of nitrogens with zero attached hydrogens (tertiary/aromatic N) is 1. The van der Waals surface area contributed by atoms with Gasteiger partial charge in [-0.2, -0.15) is 0 Å². The first-order chi connectivity index (χ1) is 9.15. The summed E-state index contributed by atoms with van der Waals surface area (Å²) in [4.78, 5) is 15.5. The van der Waals surface area contributed by atoms with Gasteiger partial charge < -0.3 is 0 Å². The van der Waals surface area contributed by atoms with Crippen LogP contribution in [0.1, 0.15) is 15.2 Å². The van der Waals surface area contributed by atoms with Crippen LogP contribution in [-0.2, 0) is 6.42 Å². The third kappa shape index (κ3) is 4.56. The fourth-order valence-electron chi connectivity index (χ4n) is 1.81. The molecule has 0 N–H and O–H groups in total. The van der Waals surface area contributed by atoms with Crippen LogP contribution in [-0.4, -0.2) is 30.8 Å². The second kappa shape index (κ2) is 6.98. The van der Waals surface area contributed by atoms with E-state index < -0.39 is 0 Å². The van der Waals surface area contributed by atoms with Gasteiger partial charge in [-0.05, 0) is 37.0 Å². The molecule has 100 valence electrons. The number of ketones is 1. The van der Waals surface area contributed by atoms with Crippen molar-refractivity contribution >= 4 is 33.0 Å². The third-order valence-corrected chi connectivity index (χ3v) is 4.36. The summed E-state index contributed by atoms with van der Waals surface area (Å²) in [5, 5.41) is 2.09. The molecule has 0 aliphatic heterocycles. The molecule has 0 aliphatic rings. The number of hydrogen-bond donors (Lipinski definition) is 0. The van der Waals surface area contributed by atoms with Crippen molar-refractivity contribution in [2.75, 3.05) is 20.1 Å². The minimum Gasteiger partial charge on any atom is -0.299 e. The van der Waals surface area contributed by atoms with Crippen LogP contribution in [0.2, 0.25) is 0 Å². The quantitative estimate of drug-likeness (QED) is 0.746. The lowest BCUT2D eigenvalue weighted by Gasteiger charge is -2.15. The van der Waals surface area contributed by atoms with E-state index in [2.05, 4.69) is 38.3 Å². The van der Waals surface area contributed by atoms with Crippen LogP contribution in [0.15, 0.2) is 46.3 Å². The summed E-state index contributed by atoms with van der Waals surface area (Å²) >= 11 is 5.14. The Morgan fingerprint density at radius 1 is 1.26 bits per heavy atom. The number of thiophene rings is 1. The average Bonchev–Trinajstić information content (AvgIpc) is 2.90. The predicted molar refractivity (Wildman–Crippen MR) is 84.0 cm³/mol. The molecule has 0 spiro atoms. The number of carbonyl (C=O) groups excluding carboxylic acids is 1. The SMILES string of the molecule is CN(CCc1cccs1)CC(=O)c1ccc(Br)cc1. The molecule has 0 saturated carbocycles. The maximum absolute atomic E-state index is 12.1. The van der Waals surface area contributed by atoms with Crippen molar-refractivity contribution in [1.29, 1.82) is 0 Å². The predicted octanol–water partition coefficient (Wildman–Crippen LogP) is 3.87. The summed E-state index contributed by atoms with van der Waals surface area (Å²) in [7, 11) is 1.99. The molecule has 0 fully saturated rings. The van der Waals surface area contributed by atoms with E-state index in [1.165, 1.54) is 4.88 Å². The Hall–Kier alpha value is -0.970. The van der Waals surface area contributed by atoms with Gasteiger partial charge in [-0.25, -0.2) is 0 Å². The van der Waals surface area contributed by atoms with Crippen molar-refractivity contribution < 1.29 is 4.79 Å². The second-order valence-electron chi connectivity index (χ2n) is 4.50. The number of rotatable bonds is 6. The van der Waals surface area contributed by atoms with Gasteiger partial charge in [0, 0.05) is 21.5 Å². The van der Waals surface area contributed by atoms with Crippen molar-refractivity contribution in [2.45, 2.75) is 6.42 Å². The van der Waals surface area contributed by atoms with Crippen molar-refractivity contribution in [3.8, 4) is 0 Å². The summed E-state index contributed by atoms with van der Waals surface area (Å²) in [6, 6.07) is 11.7. The van der Waals surface area contributed by atoms with Gasteiger partial charge in [-0.1, -0.05) is 34.1 Å². The number of benzene rings is 1. The monoisotopic (exact) mass is 337 g/mol. The molecule has 0 bridgehead atoms. The van der Waals surface area contributed by atoms with E-state index in [9.17, 15) is 4.79 Å². The van der Waals surface area contributed by atoms with Gasteiger partial charge in [0.25, 0.3) is 0 Å². The van der Waals surface area contributed by atoms with Crippen LogP contribution >= 0.6 is 27.3 Å². The van der Waals surface area contributed by atoms with Crippen LogP contribution in [0, 0.1) is 0 Å². The van der Waals surface area contributed by atoms with Crippen LogP contribution < -0.4 is 0 Å². The van der Waals surface area contributed by atoms with Crippen molar-refractivity contribution in [1.82, 2.24) is 4.90 Å². The minimum absolute atomic E-state index is 0.168. The molecule has 2 rings (SSSR count). The molecule has 1 aromatic heterocycles. The van der Waals surface area contributed by atoms with Gasteiger partial charge >= 0.3 is 0 Å². The van der Waals surface area contributed by atoms with E-state index >= 15 is 0 Å². The number of carbonyl (C=O) groups is 1. The number of likely N-dealkylation sites (N-methyl/N-ethyl adjacent to an activating group) is 1. The highest BCUT2D eigenvalue weighted by Crippen LogP contribution is 2.12. The Morgan fingerprint density at radius 2 is 2.00 bits per heavy atom. The average molecular weight is 338 g/mol. The zero-order valence-electron chi connectivity index (χ0n) is 10.8. The summed E-state index contributed by atoms with van der Waals surface area (Å²) in [6.07, 6.45) is 1.00. The van der Waals surface area contributed by atoms with E-state index in [1.54, 1.807) is 11.3 Å². The lowest BCUT2D eigenvalue weighted by atomic mass is 10.1. The molecule has 1 heterocycles. The molecule has 0 radical (unpaired) electrons. The molecule has 0 atom stereocenters. The maximum atomic E-state index is 12.1. The molecule has 19 heavy (non-hydrogen) atoms. The molecule has 0 saturated heterocycles. The summed E-state index contributed by atoms with van der Waals surface area (Å²) in [6.45, 7) is 1.37. The van der Waals surface area contributed by atoms with Crippen molar-refractivity contribution in [3.05, 3.63) is 56.7 Å². The third-order valence-electron chi connectivity index (χ3n) is 2.90. The molecule has 0 amide bonds. The Kier molecular flexibility index (Phi) is 5.31. The molecule has 0 aliphatic carbocycles. The lowest BCUT2D eigenvalue weighted by Crippen LogP contribution is -2.27. The summed E-state index contributed by atoms with van der Waals surface area (Å²) in [5.41, 5.74) is 0.770. The fraction of sp³-hybridized carbons (Fsp3) is 0.267. The lowest BCUT2D eigenvalue weighted by molar-refractivity contribution is 0.0947. The molecule has 4 heteroatoms. The molecule has 0 unspecified atom stereocenters. The number of hydrogen-bond acceptors (Lipinski definition) is 3. The highest BCUT2D eigenvalue weighted by Gasteiger charge is 2.09. The van der Waals surface area contributed by atoms with Crippen LogP contribution in [0.25, 0.3) is 0 Å². The Bertz CT molecular complexity index is 522. The van der Waals surface area contributed by atoms with Crippen LogP contribution in [0.3, 0.4) is 0 Å². The van der Waals surface area contributed by atoms with Gasteiger partial charge in [0.15, 0.2) is 5.78 Å². The van der Waals surface area contributed by atoms with E-state index in [1.807, 2.05) is 31.3 Å². The Balaban J connectivity index is 1.83. The van der Waals surface area contributed by atoms with Crippen LogP contribution in [0.4, 0.5) is 0 Å². The zero-order valence-corrected chi connectivity index (χ0v) is 13.2. The van der Waals surface area contributed by atoms with Crippen LogP contribution in [0.5, 0.6) is 0 Å². The zero-order chi connectivity index (χ0) is 13.7. The van der Waals surface area contributed by atoms with Gasteiger partial charge in [0.1, 0.15) is 0 Å². The Morgan fingerprint density at radius 3 is 2.63 bits per heavy atom. The van der Waals surface area contributed by atoms with E-state index in [0.717, 1.165) is 23.0 Å². The second-order valence-corrected chi connectivity index (χ2v) is 6.45. The minimum atomic E-state index is 0.168. The normalized spacial score (nSPS) is 10.9. The standard InChI is InChI=1S/C15H16BrNOS/c1-17(9-8-14-3-2-10-19-14)11-15(18)12-4-6-13(16)7-5-12/h2-7,10H,8-9,11H2,1H3. The van der Waals surface area contributed by atoms with Gasteiger partial charge in [0.2, 0.25) is 0 Å². The highest BCUT2D eigenvalue weighted by molar-refractivity contribution is 9.10. The van der Waals surface area contributed by atoms with E-state index in [4.69, 9.17) is 0 Å². The van der Waals surface area contributed by atoms with Gasteiger partial charge in [-0.15, -0.1) is 11.3 Å². The topological polar surface area (TPSA) is 20.3 Å². The molecule has 2 nitrogen and oxygen atoms in total.